The van der Waals surface area contributed by atoms with Crippen molar-refractivity contribution in [2.45, 2.75) is 51.5 Å². The first-order valence-corrected chi connectivity index (χ1v) is 13.9. The number of benzene rings is 2. The minimum Gasteiger partial charge on any atom is -0.491 e. The first-order valence-electron chi connectivity index (χ1n) is 13.9. The van der Waals surface area contributed by atoms with Gasteiger partial charge in [0.15, 0.2) is 5.82 Å². The standard InChI is InChI=1S/C30H37N5O4/c36-27(32-21-28-33-26(34-39-28)20-23-8-2-1-3-9-23)22-35-17-14-30(15-18-35)13-7-6-11-24-10-4-5-12-25(24)38-19-16-31-29(30)37/h1-5,8-10,12H,6-7,11,13-22H2,(H,31,37)(H,32,36). The van der Waals surface area contributed by atoms with Gasteiger partial charge in [-0.05, 0) is 62.4 Å². The van der Waals surface area contributed by atoms with Gasteiger partial charge in [0, 0.05) is 6.42 Å². The first kappa shape index (κ1) is 26.9. The molecule has 1 aromatic heterocycles. The third-order valence-electron chi connectivity index (χ3n) is 7.78. The van der Waals surface area contributed by atoms with Gasteiger partial charge in [0.2, 0.25) is 17.7 Å². The molecule has 39 heavy (non-hydrogen) atoms. The molecular weight excluding hydrogens is 494 g/mol. The van der Waals surface area contributed by atoms with E-state index in [1.54, 1.807) is 0 Å². The van der Waals surface area contributed by atoms with Crippen LogP contribution in [-0.4, -0.2) is 59.6 Å². The zero-order valence-electron chi connectivity index (χ0n) is 22.4. The van der Waals surface area contributed by atoms with Crippen molar-refractivity contribution in [3.8, 4) is 5.75 Å². The Balaban J connectivity index is 1.08. The number of likely N-dealkylation sites (tertiary alicyclic amines) is 1. The molecule has 9 heteroatoms. The molecule has 0 atom stereocenters. The van der Waals surface area contributed by atoms with Crippen LogP contribution in [0, 0.1) is 5.41 Å². The molecule has 2 aromatic carbocycles. The number of aryl methyl sites for hydroxylation is 1. The molecule has 0 radical (unpaired) electrons. The number of nitrogens with one attached hydrogen (secondary N) is 2. The van der Waals surface area contributed by atoms with Crippen LogP contribution < -0.4 is 15.4 Å². The van der Waals surface area contributed by atoms with Crippen LogP contribution in [0.3, 0.4) is 0 Å². The van der Waals surface area contributed by atoms with Crippen molar-refractivity contribution in [1.82, 2.24) is 25.7 Å². The minimum absolute atomic E-state index is 0.0901. The number of amides is 2. The molecule has 3 heterocycles. The smallest absolute Gasteiger partial charge is 0.246 e. The van der Waals surface area contributed by atoms with Gasteiger partial charge >= 0.3 is 0 Å². The van der Waals surface area contributed by atoms with Crippen LogP contribution in [0.1, 0.15) is 54.9 Å². The van der Waals surface area contributed by atoms with Crippen molar-refractivity contribution in [1.29, 1.82) is 0 Å². The lowest BCUT2D eigenvalue weighted by molar-refractivity contribution is -0.135. The Kier molecular flexibility index (Phi) is 8.88. The van der Waals surface area contributed by atoms with Crippen LogP contribution in [0.25, 0.3) is 0 Å². The largest absolute Gasteiger partial charge is 0.491 e. The van der Waals surface area contributed by atoms with Crippen molar-refractivity contribution in [3.05, 3.63) is 77.4 Å². The summed E-state index contributed by atoms with van der Waals surface area (Å²) in [6, 6.07) is 18.1. The van der Waals surface area contributed by atoms with Gasteiger partial charge in [0.25, 0.3) is 0 Å². The van der Waals surface area contributed by atoms with Gasteiger partial charge in [0.05, 0.1) is 25.0 Å². The molecule has 2 amide bonds. The number of aromatic nitrogens is 2. The summed E-state index contributed by atoms with van der Waals surface area (Å²) in [5, 5.41) is 10.0. The molecule has 0 unspecified atom stereocenters. The van der Waals surface area contributed by atoms with E-state index in [9.17, 15) is 9.59 Å². The Labute approximate surface area is 229 Å². The maximum absolute atomic E-state index is 13.3. The Bertz CT molecular complexity index is 1240. The maximum Gasteiger partial charge on any atom is 0.246 e. The SMILES string of the molecule is O=C(CN1CCC2(CCCCc3ccccc3OCCNC2=O)CC1)NCc1nc(Cc2ccccc2)no1. The highest BCUT2D eigenvalue weighted by molar-refractivity contribution is 5.83. The van der Waals surface area contributed by atoms with Crippen molar-refractivity contribution >= 4 is 11.8 Å². The van der Waals surface area contributed by atoms with E-state index in [1.165, 1.54) is 5.56 Å². The number of piperidine rings is 1. The highest BCUT2D eigenvalue weighted by atomic mass is 16.5. The average molecular weight is 532 g/mol. The summed E-state index contributed by atoms with van der Waals surface area (Å²) in [6.07, 6.45) is 5.90. The predicted octanol–water partition coefficient (Wildman–Crippen LogP) is 3.28. The summed E-state index contributed by atoms with van der Waals surface area (Å²) in [6.45, 7) is 2.85. The van der Waals surface area contributed by atoms with Crippen LogP contribution >= 0.6 is 0 Å². The molecule has 0 bridgehead atoms. The number of rotatable bonds is 6. The Morgan fingerprint density at radius 2 is 1.82 bits per heavy atom. The van der Waals surface area contributed by atoms with E-state index >= 15 is 0 Å². The zero-order valence-corrected chi connectivity index (χ0v) is 22.4. The molecule has 206 valence electrons. The molecule has 3 aromatic rings. The fraction of sp³-hybridized carbons (Fsp3) is 0.467. The second kappa shape index (κ2) is 12.9. The molecule has 0 saturated carbocycles. The highest BCUT2D eigenvalue weighted by Crippen LogP contribution is 2.37. The number of carbonyl (C=O) groups is 2. The number of para-hydroxylation sites is 1. The Hall–Kier alpha value is -3.72. The third-order valence-corrected chi connectivity index (χ3v) is 7.78. The van der Waals surface area contributed by atoms with Crippen LogP contribution in [0.2, 0.25) is 0 Å². The van der Waals surface area contributed by atoms with Gasteiger partial charge < -0.3 is 19.9 Å². The fourth-order valence-corrected chi connectivity index (χ4v) is 5.52. The van der Waals surface area contributed by atoms with E-state index in [-0.39, 0.29) is 30.3 Å². The van der Waals surface area contributed by atoms with E-state index < -0.39 is 0 Å². The molecule has 5 rings (SSSR count). The molecule has 1 fully saturated rings. The lowest BCUT2D eigenvalue weighted by Gasteiger charge is -2.40. The first-order chi connectivity index (χ1) is 19.1. The maximum atomic E-state index is 13.3. The summed E-state index contributed by atoms with van der Waals surface area (Å²) < 4.78 is 11.2. The van der Waals surface area contributed by atoms with E-state index in [2.05, 4.69) is 37.8 Å². The number of carbonyl (C=O) groups excluding carboxylic acids is 2. The quantitative estimate of drug-likeness (QED) is 0.502. The molecular formula is C30H37N5O4. The van der Waals surface area contributed by atoms with Crippen LogP contribution in [0.4, 0.5) is 0 Å². The summed E-state index contributed by atoms with van der Waals surface area (Å²) in [4.78, 5) is 32.4. The molecule has 2 N–H and O–H groups in total. The topological polar surface area (TPSA) is 110 Å². The predicted molar refractivity (Wildman–Crippen MR) is 146 cm³/mol. The van der Waals surface area contributed by atoms with Crippen molar-refractivity contribution in [2.24, 2.45) is 5.41 Å². The van der Waals surface area contributed by atoms with Gasteiger partial charge in [-0.3, -0.25) is 14.5 Å². The monoisotopic (exact) mass is 531 g/mol. The van der Waals surface area contributed by atoms with E-state index in [0.29, 0.717) is 44.4 Å². The van der Waals surface area contributed by atoms with Crippen molar-refractivity contribution < 1.29 is 18.8 Å². The van der Waals surface area contributed by atoms with Crippen LogP contribution in [-0.2, 0) is 29.0 Å². The number of ether oxygens (including phenoxy) is 1. The number of hydrogen-bond donors (Lipinski definition) is 2. The zero-order chi connectivity index (χ0) is 26.9. The Morgan fingerprint density at radius 3 is 2.67 bits per heavy atom. The summed E-state index contributed by atoms with van der Waals surface area (Å²) in [5.74, 6) is 1.93. The van der Waals surface area contributed by atoms with Gasteiger partial charge in [0.1, 0.15) is 12.4 Å². The summed E-state index contributed by atoms with van der Waals surface area (Å²) in [5.41, 5.74) is 1.95. The Morgan fingerprint density at radius 1 is 1.03 bits per heavy atom. The number of fused-ring (bicyclic) bond motifs is 1. The van der Waals surface area contributed by atoms with Gasteiger partial charge in [-0.25, -0.2) is 0 Å². The van der Waals surface area contributed by atoms with Gasteiger partial charge in [-0.15, -0.1) is 0 Å². The average Bonchev–Trinajstić information content (AvgIpc) is 3.41. The highest BCUT2D eigenvalue weighted by Gasteiger charge is 2.41. The van der Waals surface area contributed by atoms with E-state index in [0.717, 1.165) is 49.8 Å². The number of nitrogens with zero attached hydrogens (tertiary/aromatic N) is 3. The fourth-order valence-electron chi connectivity index (χ4n) is 5.52. The van der Waals surface area contributed by atoms with Crippen LogP contribution in [0.5, 0.6) is 5.75 Å². The lowest BCUT2D eigenvalue weighted by Crippen LogP contribution is -2.51. The van der Waals surface area contributed by atoms with E-state index in [4.69, 9.17) is 9.26 Å². The molecule has 2 aliphatic heterocycles. The van der Waals surface area contributed by atoms with Gasteiger partial charge in [-0.1, -0.05) is 60.1 Å². The summed E-state index contributed by atoms with van der Waals surface area (Å²) >= 11 is 0. The van der Waals surface area contributed by atoms with Crippen molar-refractivity contribution in [3.63, 3.8) is 0 Å². The minimum atomic E-state index is -0.384. The normalized spacial score (nSPS) is 18.2. The molecule has 0 aliphatic carbocycles. The second-order valence-electron chi connectivity index (χ2n) is 10.5. The molecule has 1 spiro atoms. The third kappa shape index (κ3) is 7.23. The number of hydrogen-bond acceptors (Lipinski definition) is 7. The molecule has 1 saturated heterocycles. The second-order valence-corrected chi connectivity index (χ2v) is 10.5. The molecule has 9 nitrogen and oxygen atoms in total. The molecule has 2 aliphatic rings. The van der Waals surface area contributed by atoms with Crippen LogP contribution in [0.15, 0.2) is 59.1 Å². The van der Waals surface area contributed by atoms with Gasteiger partial charge in [-0.2, -0.15) is 4.98 Å². The summed E-state index contributed by atoms with van der Waals surface area (Å²) in [7, 11) is 0. The van der Waals surface area contributed by atoms with E-state index in [1.807, 2.05) is 42.5 Å². The van der Waals surface area contributed by atoms with Crippen molar-refractivity contribution in [2.75, 3.05) is 32.8 Å². The lowest BCUT2D eigenvalue weighted by atomic mass is 9.73.